The molecule has 5 heteroatoms. The summed E-state index contributed by atoms with van der Waals surface area (Å²) in [5, 5.41) is 19.9. The monoisotopic (exact) mass is 359 g/mol. The third-order valence-electron chi connectivity index (χ3n) is 4.67. The second-order valence-electron chi connectivity index (χ2n) is 7.20. The number of aliphatic hydroxyl groups is 2. The number of rotatable bonds is 17. The van der Waals surface area contributed by atoms with E-state index in [1.54, 1.807) is 0 Å². The van der Waals surface area contributed by atoms with Gasteiger partial charge in [0, 0.05) is 6.92 Å². The SMILES string of the molecule is CCCCCCCCCCCCCCC(O)C(O)C(N)COC(C)=O. The van der Waals surface area contributed by atoms with Gasteiger partial charge in [0.25, 0.3) is 0 Å². The summed E-state index contributed by atoms with van der Waals surface area (Å²) in [6.07, 6.45) is 13.8. The summed E-state index contributed by atoms with van der Waals surface area (Å²) in [7, 11) is 0. The van der Waals surface area contributed by atoms with E-state index >= 15 is 0 Å². The van der Waals surface area contributed by atoms with Crippen LogP contribution in [0.5, 0.6) is 0 Å². The second-order valence-corrected chi connectivity index (χ2v) is 7.20. The molecule has 0 aliphatic rings. The lowest BCUT2D eigenvalue weighted by atomic mass is 10.00. The number of esters is 1. The van der Waals surface area contributed by atoms with E-state index in [1.807, 2.05) is 0 Å². The zero-order valence-electron chi connectivity index (χ0n) is 16.4. The van der Waals surface area contributed by atoms with E-state index in [0.717, 1.165) is 12.8 Å². The molecule has 0 saturated carbocycles. The molecule has 3 atom stereocenters. The molecule has 150 valence electrons. The van der Waals surface area contributed by atoms with Crippen molar-refractivity contribution in [3.8, 4) is 0 Å². The largest absolute Gasteiger partial charge is 0.464 e. The highest BCUT2D eigenvalue weighted by molar-refractivity contribution is 5.65. The molecule has 0 saturated heterocycles. The summed E-state index contributed by atoms with van der Waals surface area (Å²) in [4.78, 5) is 10.7. The van der Waals surface area contributed by atoms with Crippen LogP contribution in [0.3, 0.4) is 0 Å². The first-order valence-electron chi connectivity index (χ1n) is 10.2. The Kier molecular flexibility index (Phi) is 16.4. The van der Waals surface area contributed by atoms with Gasteiger partial charge < -0.3 is 20.7 Å². The van der Waals surface area contributed by atoms with Gasteiger partial charge in [-0.1, -0.05) is 84.0 Å². The van der Waals surface area contributed by atoms with Gasteiger partial charge >= 0.3 is 5.97 Å². The molecule has 0 bridgehead atoms. The van der Waals surface area contributed by atoms with Crippen molar-refractivity contribution in [3.05, 3.63) is 0 Å². The Morgan fingerprint density at radius 1 is 0.880 bits per heavy atom. The predicted molar refractivity (Wildman–Crippen MR) is 102 cm³/mol. The quantitative estimate of drug-likeness (QED) is 0.272. The standard InChI is InChI=1S/C20H41NO4/c1-3-4-5-6-7-8-9-10-11-12-13-14-15-19(23)20(24)18(21)16-25-17(2)22/h18-20,23-24H,3-16,21H2,1-2H3. The van der Waals surface area contributed by atoms with Gasteiger partial charge in [0.05, 0.1) is 18.2 Å². The van der Waals surface area contributed by atoms with Gasteiger partial charge in [0.15, 0.2) is 0 Å². The maximum absolute atomic E-state index is 10.7. The van der Waals surface area contributed by atoms with Crippen molar-refractivity contribution in [1.82, 2.24) is 0 Å². The van der Waals surface area contributed by atoms with Crippen LogP contribution in [0.4, 0.5) is 0 Å². The van der Waals surface area contributed by atoms with E-state index in [9.17, 15) is 15.0 Å². The summed E-state index contributed by atoms with van der Waals surface area (Å²) in [6, 6.07) is -0.740. The van der Waals surface area contributed by atoms with Gasteiger partial charge in [-0.3, -0.25) is 4.79 Å². The lowest BCUT2D eigenvalue weighted by Crippen LogP contribution is -2.46. The number of carbonyl (C=O) groups is 1. The Labute approximate surface area is 154 Å². The Hall–Kier alpha value is -0.650. The second kappa shape index (κ2) is 16.8. The van der Waals surface area contributed by atoms with Crippen LogP contribution in [0.1, 0.15) is 97.3 Å². The zero-order chi connectivity index (χ0) is 18.9. The molecule has 4 N–H and O–H groups in total. The van der Waals surface area contributed by atoms with E-state index in [0.29, 0.717) is 6.42 Å². The van der Waals surface area contributed by atoms with Gasteiger partial charge in [0.1, 0.15) is 6.61 Å². The van der Waals surface area contributed by atoms with Crippen LogP contribution in [-0.2, 0) is 9.53 Å². The topological polar surface area (TPSA) is 92.8 Å². The molecule has 0 rings (SSSR count). The van der Waals surface area contributed by atoms with Crippen molar-refractivity contribution in [1.29, 1.82) is 0 Å². The predicted octanol–water partition coefficient (Wildman–Crippen LogP) is 3.69. The molecule has 3 unspecified atom stereocenters. The highest BCUT2D eigenvalue weighted by atomic mass is 16.5. The average molecular weight is 360 g/mol. The maximum atomic E-state index is 10.7. The molecule has 0 amide bonds. The number of carbonyl (C=O) groups excluding carboxylic acids is 1. The summed E-state index contributed by atoms with van der Waals surface area (Å²) in [6.45, 7) is 3.48. The molecular weight excluding hydrogens is 318 g/mol. The smallest absolute Gasteiger partial charge is 0.302 e. The molecule has 0 aromatic rings. The molecule has 0 spiro atoms. The lowest BCUT2D eigenvalue weighted by Gasteiger charge is -2.23. The number of unbranched alkanes of at least 4 members (excludes halogenated alkanes) is 11. The van der Waals surface area contributed by atoms with Crippen molar-refractivity contribution in [3.63, 3.8) is 0 Å². The number of aliphatic hydroxyl groups excluding tert-OH is 2. The molecule has 5 nitrogen and oxygen atoms in total. The van der Waals surface area contributed by atoms with Gasteiger partial charge in [-0.15, -0.1) is 0 Å². The molecule has 0 fully saturated rings. The minimum Gasteiger partial charge on any atom is -0.464 e. The number of hydrogen-bond acceptors (Lipinski definition) is 5. The molecule has 0 aromatic carbocycles. The molecule has 0 aliphatic heterocycles. The molecule has 25 heavy (non-hydrogen) atoms. The van der Waals surface area contributed by atoms with Crippen molar-refractivity contribution in [2.45, 2.75) is 116 Å². The normalized spacial score (nSPS) is 14.9. The van der Waals surface area contributed by atoms with Crippen LogP contribution in [0.2, 0.25) is 0 Å². The van der Waals surface area contributed by atoms with Crippen molar-refractivity contribution >= 4 is 5.97 Å². The molecule has 0 aromatic heterocycles. The van der Waals surface area contributed by atoms with Crippen LogP contribution in [0.25, 0.3) is 0 Å². The molecule has 0 radical (unpaired) electrons. The third-order valence-corrected chi connectivity index (χ3v) is 4.67. The van der Waals surface area contributed by atoms with E-state index in [2.05, 4.69) is 6.92 Å². The van der Waals surface area contributed by atoms with Gasteiger partial charge in [-0.05, 0) is 6.42 Å². The Balaban J connectivity index is 3.44. The van der Waals surface area contributed by atoms with Crippen molar-refractivity contribution in [2.75, 3.05) is 6.61 Å². The minimum atomic E-state index is -1.05. The zero-order valence-corrected chi connectivity index (χ0v) is 16.4. The maximum Gasteiger partial charge on any atom is 0.302 e. The van der Waals surface area contributed by atoms with Gasteiger partial charge in [-0.25, -0.2) is 0 Å². The fourth-order valence-electron chi connectivity index (χ4n) is 2.96. The Morgan fingerprint density at radius 2 is 1.32 bits per heavy atom. The third kappa shape index (κ3) is 15.3. The number of nitrogens with two attached hydrogens (primary N) is 1. The van der Waals surface area contributed by atoms with E-state index in [4.69, 9.17) is 10.5 Å². The summed E-state index contributed by atoms with van der Waals surface area (Å²) >= 11 is 0. The van der Waals surface area contributed by atoms with E-state index in [-0.39, 0.29) is 6.61 Å². The van der Waals surface area contributed by atoms with Crippen molar-refractivity contribution < 1.29 is 19.7 Å². The summed E-state index contributed by atoms with van der Waals surface area (Å²) in [5.41, 5.74) is 5.72. The first kappa shape index (κ1) is 24.4. The van der Waals surface area contributed by atoms with Crippen LogP contribution in [-0.4, -0.2) is 41.0 Å². The first-order chi connectivity index (χ1) is 12.0. The fraction of sp³-hybridized carbons (Fsp3) is 0.950. The van der Waals surface area contributed by atoms with Gasteiger partial charge in [0.2, 0.25) is 0 Å². The highest BCUT2D eigenvalue weighted by Gasteiger charge is 2.23. The van der Waals surface area contributed by atoms with Crippen LogP contribution < -0.4 is 5.73 Å². The minimum absolute atomic E-state index is 0.0635. The number of hydrogen-bond donors (Lipinski definition) is 3. The summed E-state index contributed by atoms with van der Waals surface area (Å²) < 4.78 is 4.76. The summed E-state index contributed by atoms with van der Waals surface area (Å²) in [5.74, 6) is -0.432. The van der Waals surface area contributed by atoms with Crippen LogP contribution in [0, 0.1) is 0 Å². The average Bonchev–Trinajstić information content (AvgIpc) is 2.59. The molecule has 0 heterocycles. The van der Waals surface area contributed by atoms with Crippen LogP contribution in [0.15, 0.2) is 0 Å². The Bertz CT molecular complexity index is 312. The highest BCUT2D eigenvalue weighted by Crippen LogP contribution is 2.14. The molecular formula is C20H41NO4. The van der Waals surface area contributed by atoms with Crippen LogP contribution >= 0.6 is 0 Å². The fourth-order valence-corrected chi connectivity index (χ4v) is 2.96. The Morgan fingerprint density at radius 3 is 1.76 bits per heavy atom. The number of ether oxygens (including phenoxy) is 1. The molecule has 0 aliphatic carbocycles. The van der Waals surface area contributed by atoms with E-state index in [1.165, 1.54) is 71.1 Å². The first-order valence-corrected chi connectivity index (χ1v) is 10.2. The van der Waals surface area contributed by atoms with E-state index < -0.39 is 24.2 Å². The van der Waals surface area contributed by atoms with Crippen molar-refractivity contribution in [2.24, 2.45) is 5.73 Å². The van der Waals surface area contributed by atoms with Gasteiger partial charge in [-0.2, -0.15) is 0 Å². The lowest BCUT2D eigenvalue weighted by molar-refractivity contribution is -0.142.